The molecule has 34 heavy (non-hydrogen) atoms. The minimum Gasteiger partial charge on any atom is -0.491 e. The molecule has 0 radical (unpaired) electrons. The van der Waals surface area contributed by atoms with Crippen molar-refractivity contribution in [3.05, 3.63) is 59.0 Å². The van der Waals surface area contributed by atoms with E-state index in [1.807, 2.05) is 24.3 Å². The lowest BCUT2D eigenvalue weighted by Crippen LogP contribution is -2.28. The van der Waals surface area contributed by atoms with E-state index in [0.29, 0.717) is 11.4 Å². The van der Waals surface area contributed by atoms with Gasteiger partial charge in [-0.25, -0.2) is 18.4 Å². The van der Waals surface area contributed by atoms with E-state index in [1.165, 1.54) is 17.1 Å². The fourth-order valence-corrected chi connectivity index (χ4v) is 4.56. The third-order valence-corrected chi connectivity index (χ3v) is 6.28. The van der Waals surface area contributed by atoms with Crippen LogP contribution in [0.4, 0.5) is 0 Å². The second-order valence-electron chi connectivity index (χ2n) is 7.20. The Labute approximate surface area is 203 Å². The topological polar surface area (TPSA) is 134 Å². The maximum absolute atomic E-state index is 12.9. The number of nitrogens with one attached hydrogen (secondary N) is 1. The Hall–Kier alpha value is -3.58. The first-order valence-corrected chi connectivity index (χ1v) is 12.6. The average Bonchev–Trinajstić information content (AvgIpc) is 3.36. The van der Waals surface area contributed by atoms with Crippen LogP contribution in [0.1, 0.15) is 15.9 Å². The zero-order chi connectivity index (χ0) is 24.5. The van der Waals surface area contributed by atoms with Gasteiger partial charge in [0.05, 0.1) is 30.8 Å². The van der Waals surface area contributed by atoms with Crippen LogP contribution in [-0.2, 0) is 17.1 Å². The molecule has 0 fully saturated rings. The summed E-state index contributed by atoms with van der Waals surface area (Å²) in [6, 6.07) is 7.46. The van der Waals surface area contributed by atoms with Gasteiger partial charge >= 0.3 is 0 Å². The first kappa shape index (κ1) is 23.6. The van der Waals surface area contributed by atoms with Crippen LogP contribution < -0.4 is 10.1 Å². The summed E-state index contributed by atoms with van der Waals surface area (Å²) in [7, 11) is -1.99. The molecule has 3 aromatic heterocycles. The number of hydrogen-bond donors (Lipinski definition) is 1. The number of halogens is 1. The van der Waals surface area contributed by atoms with Gasteiger partial charge in [0.25, 0.3) is 15.9 Å². The highest BCUT2D eigenvalue weighted by molar-refractivity contribution is 9.10. The summed E-state index contributed by atoms with van der Waals surface area (Å²) >= 11 is 3.24. The molecule has 176 valence electrons. The van der Waals surface area contributed by atoms with E-state index in [1.54, 1.807) is 13.1 Å². The van der Waals surface area contributed by atoms with Crippen molar-refractivity contribution in [1.29, 1.82) is 0 Å². The summed E-state index contributed by atoms with van der Waals surface area (Å²) in [5.41, 5.74) is 2.00. The Morgan fingerprint density at radius 1 is 1.29 bits per heavy atom. The monoisotopic (exact) mass is 545 g/mol. The SMILES string of the molecule is C=Cc1ccccc1OCCNC(=O)c1cnn(C)c1-c1ncc2c(n1)c(Br)nn2S(C)(=O)=O. The molecule has 0 aliphatic carbocycles. The van der Waals surface area contributed by atoms with Crippen molar-refractivity contribution < 1.29 is 17.9 Å². The normalized spacial score (nSPS) is 11.5. The van der Waals surface area contributed by atoms with E-state index < -0.39 is 10.0 Å². The second-order valence-corrected chi connectivity index (χ2v) is 9.76. The number of ether oxygens (including phenoxy) is 1. The molecule has 11 nitrogen and oxygen atoms in total. The van der Waals surface area contributed by atoms with E-state index in [-0.39, 0.29) is 46.1 Å². The number of carbonyl (C=O) groups is 1. The highest BCUT2D eigenvalue weighted by Crippen LogP contribution is 2.26. The van der Waals surface area contributed by atoms with E-state index in [2.05, 4.69) is 48.0 Å². The quantitative estimate of drug-likeness (QED) is 0.333. The van der Waals surface area contributed by atoms with Crippen molar-refractivity contribution in [2.24, 2.45) is 7.05 Å². The van der Waals surface area contributed by atoms with Crippen LogP contribution in [0.2, 0.25) is 0 Å². The summed E-state index contributed by atoms with van der Waals surface area (Å²) < 4.78 is 32.2. The number of aryl methyl sites for hydroxylation is 1. The number of aromatic nitrogens is 6. The van der Waals surface area contributed by atoms with Gasteiger partial charge in [0.15, 0.2) is 10.4 Å². The fraction of sp³-hybridized carbons (Fsp3) is 0.190. The molecule has 0 saturated heterocycles. The maximum Gasteiger partial charge on any atom is 0.255 e. The summed E-state index contributed by atoms with van der Waals surface area (Å²) in [6.07, 6.45) is 5.49. The standard InChI is InChI=1S/C21H20BrN7O4S/c1-4-13-7-5-6-8-16(13)33-10-9-23-21(30)14-11-25-28(2)18(14)20-24-12-15-17(26-20)19(22)27-29(15)34(3,31)32/h4-8,11-12H,1,9-10H2,2-3H3,(H,23,30). The number of rotatable bonds is 8. The first-order chi connectivity index (χ1) is 16.2. The molecule has 0 saturated carbocycles. The Morgan fingerprint density at radius 3 is 2.79 bits per heavy atom. The van der Waals surface area contributed by atoms with Crippen molar-refractivity contribution in [3.8, 4) is 17.3 Å². The van der Waals surface area contributed by atoms with Crippen LogP contribution >= 0.6 is 15.9 Å². The third kappa shape index (κ3) is 4.56. The van der Waals surface area contributed by atoms with Gasteiger partial charge in [-0.1, -0.05) is 30.9 Å². The van der Waals surface area contributed by atoms with Crippen LogP contribution in [0, 0.1) is 0 Å². The van der Waals surface area contributed by atoms with Gasteiger partial charge in [-0.3, -0.25) is 9.48 Å². The van der Waals surface area contributed by atoms with Gasteiger partial charge in [0, 0.05) is 12.6 Å². The van der Waals surface area contributed by atoms with Gasteiger partial charge in [0.1, 0.15) is 29.1 Å². The minimum absolute atomic E-state index is 0.197. The summed E-state index contributed by atoms with van der Waals surface area (Å²) in [4.78, 5) is 21.5. The number of benzene rings is 1. The molecule has 3 heterocycles. The molecule has 0 aliphatic heterocycles. The summed E-state index contributed by atoms with van der Waals surface area (Å²) in [6.45, 7) is 4.27. The lowest BCUT2D eigenvalue weighted by atomic mass is 10.2. The van der Waals surface area contributed by atoms with Crippen molar-refractivity contribution in [2.45, 2.75) is 0 Å². The molecular formula is C21H20BrN7O4S. The van der Waals surface area contributed by atoms with Gasteiger partial charge in [-0.15, -0.1) is 5.10 Å². The zero-order valence-electron chi connectivity index (χ0n) is 18.3. The van der Waals surface area contributed by atoms with Gasteiger partial charge in [0.2, 0.25) is 0 Å². The van der Waals surface area contributed by atoms with Crippen molar-refractivity contribution >= 4 is 49.0 Å². The van der Waals surface area contributed by atoms with Crippen molar-refractivity contribution in [3.63, 3.8) is 0 Å². The lowest BCUT2D eigenvalue weighted by Gasteiger charge is -2.10. The maximum atomic E-state index is 12.9. The number of amides is 1. The number of nitrogens with zero attached hydrogens (tertiary/aromatic N) is 6. The summed E-state index contributed by atoms with van der Waals surface area (Å²) in [5, 5.41) is 10.9. The smallest absolute Gasteiger partial charge is 0.255 e. The number of carbonyl (C=O) groups excluding carboxylic acids is 1. The molecule has 4 aromatic rings. The van der Waals surface area contributed by atoms with Crippen LogP contribution in [0.25, 0.3) is 28.6 Å². The van der Waals surface area contributed by atoms with Gasteiger partial charge in [-0.2, -0.15) is 9.19 Å². The predicted molar refractivity (Wildman–Crippen MR) is 130 cm³/mol. The van der Waals surface area contributed by atoms with Gasteiger partial charge in [-0.05, 0) is 22.0 Å². The summed E-state index contributed by atoms with van der Waals surface area (Å²) in [5.74, 6) is 0.497. The molecule has 4 rings (SSSR count). The number of para-hydroxylation sites is 1. The molecule has 0 aliphatic rings. The highest BCUT2D eigenvalue weighted by Gasteiger charge is 2.23. The molecule has 13 heteroatoms. The Balaban J connectivity index is 1.54. The highest BCUT2D eigenvalue weighted by atomic mass is 79.9. The zero-order valence-corrected chi connectivity index (χ0v) is 20.7. The van der Waals surface area contributed by atoms with Crippen molar-refractivity contribution in [2.75, 3.05) is 19.4 Å². The van der Waals surface area contributed by atoms with Crippen LogP contribution in [0.15, 0.2) is 47.8 Å². The molecule has 1 amide bonds. The number of fused-ring (bicyclic) bond motifs is 1. The van der Waals surface area contributed by atoms with E-state index in [0.717, 1.165) is 15.9 Å². The largest absolute Gasteiger partial charge is 0.491 e. The molecular weight excluding hydrogens is 526 g/mol. The predicted octanol–water partition coefficient (Wildman–Crippen LogP) is 2.25. The Kier molecular flexibility index (Phi) is 6.48. The lowest BCUT2D eigenvalue weighted by molar-refractivity contribution is 0.0947. The molecule has 0 atom stereocenters. The second kappa shape index (κ2) is 9.35. The van der Waals surface area contributed by atoms with E-state index >= 15 is 0 Å². The molecule has 0 bridgehead atoms. The molecule has 1 aromatic carbocycles. The van der Waals surface area contributed by atoms with Gasteiger partial charge < -0.3 is 10.1 Å². The Bertz CT molecular complexity index is 1510. The van der Waals surface area contributed by atoms with E-state index in [9.17, 15) is 13.2 Å². The number of hydrogen-bond acceptors (Lipinski definition) is 8. The third-order valence-electron chi connectivity index (χ3n) is 4.84. The van der Waals surface area contributed by atoms with Crippen molar-refractivity contribution in [1.82, 2.24) is 34.3 Å². The molecule has 1 N–H and O–H groups in total. The Morgan fingerprint density at radius 2 is 2.06 bits per heavy atom. The van der Waals surface area contributed by atoms with E-state index in [4.69, 9.17) is 4.74 Å². The van der Waals surface area contributed by atoms with Crippen LogP contribution in [0.3, 0.4) is 0 Å². The molecule has 0 spiro atoms. The van der Waals surface area contributed by atoms with Crippen LogP contribution in [0.5, 0.6) is 5.75 Å². The fourth-order valence-electron chi connectivity index (χ4n) is 3.29. The average molecular weight is 546 g/mol. The van der Waals surface area contributed by atoms with Crippen LogP contribution in [-0.4, -0.2) is 62.7 Å². The minimum atomic E-state index is -3.65. The first-order valence-electron chi connectivity index (χ1n) is 9.97. The molecule has 0 unspecified atom stereocenters.